The van der Waals surface area contributed by atoms with Crippen LogP contribution in [0.1, 0.15) is 0 Å². The lowest BCUT2D eigenvalue weighted by Gasteiger charge is -2.08. The van der Waals surface area contributed by atoms with Crippen LogP contribution < -0.4 is 0 Å². The summed E-state index contributed by atoms with van der Waals surface area (Å²) in [5, 5.41) is 12.3. The summed E-state index contributed by atoms with van der Waals surface area (Å²) in [6, 6.07) is 17.4. The van der Waals surface area contributed by atoms with Crippen LogP contribution in [0.3, 0.4) is 0 Å². The smallest absolute Gasteiger partial charge is 0.125 e. The summed E-state index contributed by atoms with van der Waals surface area (Å²) in [5.74, 6) is 0.242. The van der Waals surface area contributed by atoms with E-state index in [1.54, 1.807) is 6.07 Å². The molecular formula is C17H12N2O. The van der Waals surface area contributed by atoms with Crippen LogP contribution in [0.25, 0.3) is 33.1 Å². The summed E-state index contributed by atoms with van der Waals surface area (Å²) in [6.07, 6.45) is 1.91. The maximum absolute atomic E-state index is 10.1. The molecule has 0 radical (unpaired) electrons. The maximum atomic E-state index is 10.1. The standard InChI is InChI=1S/C17H12N2O/c20-15-8-4-2-6-13(15)17-16-12(9-10-18-16)11-5-1-3-7-14(11)19-17/h1-10,18,20H. The van der Waals surface area contributed by atoms with Crippen LogP contribution in [0.4, 0.5) is 0 Å². The molecule has 0 aliphatic heterocycles. The lowest BCUT2D eigenvalue weighted by Crippen LogP contribution is -1.89. The highest BCUT2D eigenvalue weighted by Gasteiger charge is 2.13. The number of rotatable bonds is 1. The second kappa shape index (κ2) is 4.10. The average Bonchev–Trinajstić information content (AvgIpc) is 2.97. The number of aromatic amines is 1. The fourth-order valence-corrected chi connectivity index (χ4v) is 2.63. The van der Waals surface area contributed by atoms with Gasteiger partial charge in [0, 0.05) is 22.5 Å². The fraction of sp³-hybridized carbons (Fsp3) is 0. The highest BCUT2D eigenvalue weighted by Crippen LogP contribution is 2.35. The Bertz CT molecular complexity index is 924. The van der Waals surface area contributed by atoms with Crippen LogP contribution in [-0.2, 0) is 0 Å². The zero-order valence-corrected chi connectivity index (χ0v) is 10.7. The third kappa shape index (κ3) is 1.50. The Hall–Kier alpha value is -2.81. The minimum atomic E-state index is 0.242. The molecule has 96 valence electrons. The van der Waals surface area contributed by atoms with Crippen molar-refractivity contribution in [3.8, 4) is 17.0 Å². The van der Waals surface area contributed by atoms with Crippen molar-refractivity contribution in [1.29, 1.82) is 0 Å². The Kier molecular flexibility index (Phi) is 2.27. The number of hydrogen-bond acceptors (Lipinski definition) is 2. The molecule has 0 bridgehead atoms. The molecule has 20 heavy (non-hydrogen) atoms. The number of aromatic nitrogens is 2. The van der Waals surface area contributed by atoms with Crippen molar-refractivity contribution in [1.82, 2.24) is 9.97 Å². The van der Waals surface area contributed by atoms with E-state index in [1.165, 1.54) is 0 Å². The molecule has 4 aromatic rings. The minimum Gasteiger partial charge on any atom is -0.507 e. The topological polar surface area (TPSA) is 48.9 Å². The summed E-state index contributed by atoms with van der Waals surface area (Å²) in [7, 11) is 0. The van der Waals surface area contributed by atoms with Gasteiger partial charge in [0.1, 0.15) is 5.75 Å². The molecule has 0 fully saturated rings. The first-order valence-corrected chi connectivity index (χ1v) is 6.49. The number of para-hydroxylation sites is 2. The fourth-order valence-electron chi connectivity index (χ4n) is 2.63. The largest absolute Gasteiger partial charge is 0.507 e. The highest BCUT2D eigenvalue weighted by molar-refractivity contribution is 6.09. The van der Waals surface area contributed by atoms with Crippen LogP contribution in [0, 0.1) is 0 Å². The summed E-state index contributed by atoms with van der Waals surface area (Å²) in [6.45, 7) is 0. The third-order valence-electron chi connectivity index (χ3n) is 3.57. The molecule has 2 heterocycles. The van der Waals surface area contributed by atoms with E-state index in [0.717, 1.165) is 33.1 Å². The lowest BCUT2D eigenvalue weighted by molar-refractivity contribution is 0.477. The van der Waals surface area contributed by atoms with E-state index in [1.807, 2.05) is 48.7 Å². The van der Waals surface area contributed by atoms with Gasteiger partial charge in [-0.2, -0.15) is 0 Å². The molecule has 0 atom stereocenters. The molecule has 2 N–H and O–H groups in total. The van der Waals surface area contributed by atoms with E-state index < -0.39 is 0 Å². The molecule has 0 unspecified atom stereocenters. The van der Waals surface area contributed by atoms with Crippen molar-refractivity contribution in [3.05, 3.63) is 60.8 Å². The van der Waals surface area contributed by atoms with E-state index in [4.69, 9.17) is 4.98 Å². The Morgan fingerprint density at radius 1 is 0.850 bits per heavy atom. The second-order valence-electron chi connectivity index (χ2n) is 4.76. The molecule has 4 rings (SSSR count). The maximum Gasteiger partial charge on any atom is 0.125 e. The van der Waals surface area contributed by atoms with Crippen LogP contribution in [0.5, 0.6) is 5.75 Å². The Balaban J connectivity index is 2.17. The van der Waals surface area contributed by atoms with Gasteiger partial charge in [0.15, 0.2) is 0 Å². The van der Waals surface area contributed by atoms with Crippen molar-refractivity contribution in [3.63, 3.8) is 0 Å². The van der Waals surface area contributed by atoms with Gasteiger partial charge in [0.05, 0.1) is 16.7 Å². The molecular weight excluding hydrogens is 248 g/mol. The van der Waals surface area contributed by atoms with Crippen molar-refractivity contribution in [2.45, 2.75) is 0 Å². The number of H-pyrrole nitrogens is 1. The number of nitrogens with one attached hydrogen (secondary N) is 1. The lowest BCUT2D eigenvalue weighted by atomic mass is 10.0. The molecule has 0 saturated heterocycles. The molecule has 3 heteroatoms. The Morgan fingerprint density at radius 3 is 2.55 bits per heavy atom. The van der Waals surface area contributed by atoms with E-state index in [-0.39, 0.29) is 5.75 Å². The number of aromatic hydroxyl groups is 1. The summed E-state index contributed by atoms with van der Waals surface area (Å²) >= 11 is 0. The Morgan fingerprint density at radius 2 is 1.65 bits per heavy atom. The van der Waals surface area contributed by atoms with Gasteiger partial charge in [0.25, 0.3) is 0 Å². The summed E-state index contributed by atoms with van der Waals surface area (Å²) < 4.78 is 0. The first-order valence-electron chi connectivity index (χ1n) is 6.49. The van der Waals surface area contributed by atoms with E-state index in [9.17, 15) is 5.11 Å². The van der Waals surface area contributed by atoms with Gasteiger partial charge in [-0.1, -0.05) is 30.3 Å². The number of phenolic OH excluding ortho intramolecular Hbond substituents is 1. The van der Waals surface area contributed by atoms with Crippen LogP contribution in [0.2, 0.25) is 0 Å². The average molecular weight is 260 g/mol. The number of phenols is 1. The van der Waals surface area contributed by atoms with Gasteiger partial charge >= 0.3 is 0 Å². The number of pyridine rings is 1. The SMILES string of the molecule is Oc1ccccc1-c1nc2ccccc2c2cc[nH]c12. The van der Waals surface area contributed by atoms with Gasteiger partial charge in [0.2, 0.25) is 0 Å². The number of nitrogens with zero attached hydrogens (tertiary/aromatic N) is 1. The number of hydrogen-bond donors (Lipinski definition) is 2. The summed E-state index contributed by atoms with van der Waals surface area (Å²) in [5.41, 5.74) is 3.40. The molecule has 0 aliphatic rings. The first kappa shape index (κ1) is 11.1. The summed E-state index contributed by atoms with van der Waals surface area (Å²) in [4.78, 5) is 7.95. The van der Waals surface area contributed by atoms with E-state index >= 15 is 0 Å². The van der Waals surface area contributed by atoms with E-state index in [2.05, 4.69) is 11.1 Å². The third-order valence-corrected chi connectivity index (χ3v) is 3.57. The van der Waals surface area contributed by atoms with Crippen LogP contribution in [0.15, 0.2) is 60.8 Å². The van der Waals surface area contributed by atoms with Gasteiger partial charge in [-0.3, -0.25) is 0 Å². The predicted octanol–water partition coefficient (Wildman–Crippen LogP) is 4.09. The van der Waals surface area contributed by atoms with Crippen molar-refractivity contribution in [2.75, 3.05) is 0 Å². The molecule has 0 amide bonds. The zero-order chi connectivity index (χ0) is 13.5. The molecule has 2 aromatic heterocycles. The molecule has 2 aromatic carbocycles. The highest BCUT2D eigenvalue weighted by atomic mass is 16.3. The second-order valence-corrected chi connectivity index (χ2v) is 4.76. The monoisotopic (exact) mass is 260 g/mol. The van der Waals surface area contributed by atoms with Crippen molar-refractivity contribution < 1.29 is 5.11 Å². The zero-order valence-electron chi connectivity index (χ0n) is 10.7. The number of fused-ring (bicyclic) bond motifs is 3. The Labute approximate surface area is 115 Å². The quantitative estimate of drug-likeness (QED) is 0.541. The van der Waals surface area contributed by atoms with Gasteiger partial charge in [-0.25, -0.2) is 4.98 Å². The van der Waals surface area contributed by atoms with Gasteiger partial charge in [-0.05, 0) is 24.3 Å². The normalized spacial score (nSPS) is 11.2. The molecule has 0 saturated carbocycles. The minimum absolute atomic E-state index is 0.242. The molecule has 0 spiro atoms. The van der Waals surface area contributed by atoms with Crippen molar-refractivity contribution >= 4 is 21.8 Å². The van der Waals surface area contributed by atoms with E-state index in [0.29, 0.717) is 0 Å². The molecule has 3 nitrogen and oxygen atoms in total. The number of benzene rings is 2. The van der Waals surface area contributed by atoms with Gasteiger partial charge < -0.3 is 10.1 Å². The van der Waals surface area contributed by atoms with Crippen LogP contribution in [-0.4, -0.2) is 15.1 Å². The van der Waals surface area contributed by atoms with Crippen molar-refractivity contribution in [2.24, 2.45) is 0 Å². The van der Waals surface area contributed by atoms with Gasteiger partial charge in [-0.15, -0.1) is 0 Å². The van der Waals surface area contributed by atoms with Crippen LogP contribution >= 0.6 is 0 Å². The molecule has 0 aliphatic carbocycles. The first-order chi connectivity index (χ1) is 9.84. The predicted molar refractivity (Wildman–Crippen MR) is 80.7 cm³/mol.